The van der Waals surface area contributed by atoms with Crippen LogP contribution in [0.5, 0.6) is 5.75 Å². The number of sulfonamides is 1. The van der Waals surface area contributed by atoms with Gasteiger partial charge in [0.2, 0.25) is 11.8 Å². The van der Waals surface area contributed by atoms with Crippen molar-refractivity contribution in [1.82, 2.24) is 10.2 Å². The number of rotatable bonds is 13. The van der Waals surface area contributed by atoms with Gasteiger partial charge in [-0.1, -0.05) is 73.1 Å². The van der Waals surface area contributed by atoms with Crippen molar-refractivity contribution in [2.45, 2.75) is 44.7 Å². The number of methoxy groups -OCH3 is 1. The summed E-state index contributed by atoms with van der Waals surface area (Å²) in [5.41, 5.74) is 1.08. The number of hydrogen-bond donors (Lipinski definition) is 1. The van der Waals surface area contributed by atoms with Gasteiger partial charge in [0.05, 0.1) is 17.7 Å². The number of hydrogen-bond acceptors (Lipinski definition) is 5. The largest absolute Gasteiger partial charge is 0.497 e. The molecule has 2 amide bonds. The van der Waals surface area contributed by atoms with E-state index in [4.69, 9.17) is 4.74 Å². The molecule has 10 heteroatoms. The second-order valence-corrected chi connectivity index (χ2v) is 12.5. The van der Waals surface area contributed by atoms with Crippen LogP contribution in [0.15, 0.2) is 88.2 Å². The predicted octanol–water partition coefficient (Wildman–Crippen LogP) is 5.23. The maximum Gasteiger partial charge on any atom is 0.264 e. The van der Waals surface area contributed by atoms with Gasteiger partial charge in [0, 0.05) is 17.6 Å². The quantitative estimate of drug-likeness (QED) is 0.279. The summed E-state index contributed by atoms with van der Waals surface area (Å²) in [6, 6.07) is 21.2. The van der Waals surface area contributed by atoms with E-state index in [0.717, 1.165) is 9.87 Å². The highest BCUT2D eigenvalue weighted by molar-refractivity contribution is 9.10. The molecule has 0 bridgehead atoms. The molecule has 1 N–H and O–H groups in total. The van der Waals surface area contributed by atoms with Crippen LogP contribution in [0.25, 0.3) is 0 Å². The molecular weight excluding hydrogens is 594 g/mol. The zero-order chi connectivity index (χ0) is 29.3. The van der Waals surface area contributed by atoms with Crippen LogP contribution in [-0.2, 0) is 26.2 Å². The normalized spacial score (nSPS) is 12.1. The first-order valence-corrected chi connectivity index (χ1v) is 15.3. The molecule has 0 radical (unpaired) electrons. The van der Waals surface area contributed by atoms with E-state index in [0.29, 0.717) is 28.9 Å². The summed E-state index contributed by atoms with van der Waals surface area (Å²) in [7, 11) is -2.56. The summed E-state index contributed by atoms with van der Waals surface area (Å²) in [6.45, 7) is 5.88. The van der Waals surface area contributed by atoms with Crippen LogP contribution in [0.1, 0.15) is 32.8 Å². The van der Waals surface area contributed by atoms with Gasteiger partial charge < -0.3 is 15.0 Å². The molecule has 214 valence electrons. The van der Waals surface area contributed by atoms with E-state index in [1.807, 2.05) is 32.9 Å². The Morgan fingerprint density at radius 2 is 1.68 bits per heavy atom. The Bertz CT molecular complexity index is 1400. The molecule has 0 heterocycles. The van der Waals surface area contributed by atoms with Gasteiger partial charge in [-0.2, -0.15) is 0 Å². The molecule has 0 spiro atoms. The lowest BCUT2D eigenvalue weighted by Gasteiger charge is -2.33. The lowest BCUT2D eigenvalue weighted by Crippen LogP contribution is -2.52. The van der Waals surface area contributed by atoms with Crippen molar-refractivity contribution >= 4 is 43.5 Å². The Hall–Kier alpha value is -3.37. The molecule has 8 nitrogen and oxygen atoms in total. The zero-order valence-corrected chi connectivity index (χ0v) is 25.6. The van der Waals surface area contributed by atoms with Crippen LogP contribution < -0.4 is 14.4 Å². The molecular formula is C30H36BrN3O5S. The van der Waals surface area contributed by atoms with Crippen LogP contribution in [0, 0.1) is 5.92 Å². The summed E-state index contributed by atoms with van der Waals surface area (Å²) >= 11 is 3.41. The van der Waals surface area contributed by atoms with E-state index in [9.17, 15) is 18.0 Å². The van der Waals surface area contributed by atoms with Crippen molar-refractivity contribution in [2.24, 2.45) is 5.92 Å². The van der Waals surface area contributed by atoms with Crippen LogP contribution in [0.3, 0.4) is 0 Å². The van der Waals surface area contributed by atoms with E-state index < -0.39 is 28.5 Å². The number of ether oxygens (including phenoxy) is 1. The van der Waals surface area contributed by atoms with Crippen LogP contribution in [-0.4, -0.2) is 51.4 Å². The highest BCUT2D eigenvalue weighted by Crippen LogP contribution is 2.27. The maximum absolute atomic E-state index is 14.1. The summed E-state index contributed by atoms with van der Waals surface area (Å²) < 4.78 is 34.8. The van der Waals surface area contributed by atoms with Gasteiger partial charge in [-0.25, -0.2) is 8.42 Å². The Kier molecular flexibility index (Phi) is 11.2. The first kappa shape index (κ1) is 31.2. The standard InChI is InChI=1S/C30H36BrN3O5S/c1-5-28(30(36)32-19-22(2)3)33(20-23-11-9-14-26(17-23)39-4)29(35)21-34(25-13-10-12-24(31)18-25)40(37,38)27-15-7-6-8-16-27/h6-18,22,28H,5,19-21H2,1-4H3,(H,32,36). The molecule has 3 rings (SSSR count). The van der Waals surface area contributed by atoms with E-state index in [-0.39, 0.29) is 23.3 Å². The average molecular weight is 631 g/mol. The second-order valence-electron chi connectivity index (χ2n) is 9.74. The monoisotopic (exact) mass is 629 g/mol. The number of carbonyl (C=O) groups excluding carboxylic acids is 2. The van der Waals surface area contributed by atoms with Crippen molar-refractivity contribution in [3.05, 3.63) is 88.9 Å². The molecule has 3 aromatic carbocycles. The first-order chi connectivity index (χ1) is 19.1. The molecule has 0 aliphatic rings. The fourth-order valence-corrected chi connectivity index (χ4v) is 6.00. The van der Waals surface area contributed by atoms with Gasteiger partial charge in [0.25, 0.3) is 10.0 Å². The zero-order valence-electron chi connectivity index (χ0n) is 23.2. The molecule has 0 saturated heterocycles. The Morgan fingerprint density at radius 1 is 0.975 bits per heavy atom. The van der Waals surface area contributed by atoms with E-state index >= 15 is 0 Å². The van der Waals surface area contributed by atoms with Crippen molar-refractivity contribution in [1.29, 1.82) is 0 Å². The Balaban J connectivity index is 2.05. The topological polar surface area (TPSA) is 96.0 Å². The molecule has 0 saturated carbocycles. The molecule has 0 aromatic heterocycles. The minimum absolute atomic E-state index is 0.0591. The first-order valence-electron chi connectivity index (χ1n) is 13.1. The highest BCUT2D eigenvalue weighted by atomic mass is 79.9. The fourth-order valence-electron chi connectivity index (χ4n) is 4.19. The molecule has 3 aromatic rings. The lowest BCUT2D eigenvalue weighted by molar-refractivity contribution is -0.140. The fraction of sp³-hybridized carbons (Fsp3) is 0.333. The van der Waals surface area contributed by atoms with Crippen molar-refractivity contribution in [2.75, 3.05) is 24.5 Å². The third-order valence-corrected chi connectivity index (χ3v) is 8.55. The summed E-state index contributed by atoms with van der Waals surface area (Å²) in [4.78, 5) is 28.9. The van der Waals surface area contributed by atoms with Crippen LogP contribution in [0.4, 0.5) is 5.69 Å². The summed E-state index contributed by atoms with van der Waals surface area (Å²) in [6.07, 6.45) is 0.349. The summed E-state index contributed by atoms with van der Waals surface area (Å²) in [5.74, 6) is 0.0536. The van der Waals surface area contributed by atoms with Crippen molar-refractivity contribution < 1.29 is 22.7 Å². The minimum atomic E-state index is -4.11. The van der Waals surface area contributed by atoms with Crippen molar-refractivity contribution in [3.63, 3.8) is 0 Å². The molecule has 0 fully saturated rings. The van der Waals surface area contributed by atoms with Gasteiger partial charge in [0.1, 0.15) is 18.3 Å². The highest BCUT2D eigenvalue weighted by Gasteiger charge is 2.33. The number of amides is 2. The SMILES string of the molecule is CCC(C(=O)NCC(C)C)N(Cc1cccc(OC)c1)C(=O)CN(c1cccc(Br)c1)S(=O)(=O)c1ccccc1. The van der Waals surface area contributed by atoms with Gasteiger partial charge in [-0.05, 0) is 60.4 Å². The van der Waals surface area contributed by atoms with Gasteiger partial charge in [-0.15, -0.1) is 0 Å². The number of nitrogens with one attached hydrogen (secondary N) is 1. The van der Waals surface area contributed by atoms with Gasteiger partial charge >= 0.3 is 0 Å². The Labute approximate surface area is 245 Å². The van der Waals surface area contributed by atoms with Gasteiger partial charge in [-0.3, -0.25) is 13.9 Å². The maximum atomic E-state index is 14.1. The molecule has 1 unspecified atom stereocenters. The molecule has 0 aliphatic heterocycles. The van der Waals surface area contributed by atoms with Crippen LogP contribution in [0.2, 0.25) is 0 Å². The lowest BCUT2D eigenvalue weighted by atomic mass is 10.1. The smallest absolute Gasteiger partial charge is 0.264 e. The van der Waals surface area contributed by atoms with E-state index in [2.05, 4.69) is 21.2 Å². The second kappa shape index (κ2) is 14.3. The summed E-state index contributed by atoms with van der Waals surface area (Å²) in [5, 5.41) is 2.93. The average Bonchev–Trinajstić information content (AvgIpc) is 2.95. The third kappa shape index (κ3) is 8.08. The number of benzene rings is 3. The van der Waals surface area contributed by atoms with Gasteiger partial charge in [0.15, 0.2) is 0 Å². The molecule has 1 atom stereocenters. The number of halogens is 1. The van der Waals surface area contributed by atoms with Crippen LogP contribution >= 0.6 is 15.9 Å². The number of carbonyl (C=O) groups is 2. The minimum Gasteiger partial charge on any atom is -0.497 e. The molecule has 0 aliphatic carbocycles. The van der Waals surface area contributed by atoms with E-state index in [1.54, 1.807) is 61.7 Å². The number of nitrogens with zero attached hydrogens (tertiary/aromatic N) is 2. The predicted molar refractivity (Wildman–Crippen MR) is 161 cm³/mol. The Morgan fingerprint density at radius 3 is 2.30 bits per heavy atom. The molecule has 40 heavy (non-hydrogen) atoms. The third-order valence-electron chi connectivity index (χ3n) is 6.26. The van der Waals surface area contributed by atoms with Crippen molar-refractivity contribution in [3.8, 4) is 5.75 Å². The van der Waals surface area contributed by atoms with E-state index in [1.165, 1.54) is 17.0 Å². The number of anilines is 1.